The van der Waals surface area contributed by atoms with Gasteiger partial charge in [0.1, 0.15) is 0 Å². The van der Waals surface area contributed by atoms with Crippen LogP contribution in [0.5, 0.6) is 0 Å². The molecule has 0 fully saturated rings. The Labute approximate surface area is 270 Å². The lowest BCUT2D eigenvalue weighted by Crippen LogP contribution is -2.16. The summed E-state index contributed by atoms with van der Waals surface area (Å²) >= 11 is 0. The molecular weight excluding hydrogens is 504 g/mol. The Morgan fingerprint density at radius 2 is 0.524 bits per heavy atom. The summed E-state index contributed by atoms with van der Waals surface area (Å²) in [5, 5.41) is 0. The Kier molecular flexibility index (Phi) is 25.8. The van der Waals surface area contributed by atoms with Crippen molar-refractivity contribution in [2.24, 2.45) is 16.2 Å². The first-order chi connectivity index (χ1) is 16.5. The van der Waals surface area contributed by atoms with Gasteiger partial charge in [-0.05, 0) is 55.6 Å². The lowest BCUT2D eigenvalue weighted by molar-refractivity contribution is 0.233. The van der Waals surface area contributed by atoms with E-state index in [9.17, 15) is 0 Å². The van der Waals surface area contributed by atoms with E-state index in [-0.39, 0.29) is 40.5 Å². The summed E-state index contributed by atoms with van der Waals surface area (Å²) in [4.78, 5) is 0. The molecule has 0 spiro atoms. The van der Waals surface area contributed by atoms with Gasteiger partial charge >= 0.3 is 0 Å². The van der Waals surface area contributed by atoms with Crippen LogP contribution in [0, 0.1) is 16.2 Å². The van der Waals surface area contributed by atoms with Gasteiger partial charge in [-0.2, -0.15) is 0 Å². The average Bonchev–Trinajstić information content (AvgIpc) is 2.64. The van der Waals surface area contributed by atoms with Gasteiger partial charge < -0.3 is 0 Å². The normalized spacial score (nSPS) is 11.5. The highest BCUT2D eigenvalue weighted by Crippen LogP contribution is 2.32. The maximum atomic E-state index is 2.29. The molecule has 0 aliphatic rings. The van der Waals surface area contributed by atoms with Crippen LogP contribution in [0.15, 0.2) is 54.6 Å². The molecular formula is C42H84. The molecule has 0 amide bonds. The fourth-order valence-electron chi connectivity index (χ4n) is 4.00. The van der Waals surface area contributed by atoms with Gasteiger partial charge in [0.2, 0.25) is 0 Å². The zero-order valence-electron chi connectivity index (χ0n) is 29.4. The molecule has 252 valence electrons. The molecule has 0 aromatic heterocycles. The summed E-state index contributed by atoms with van der Waals surface area (Å²) < 4.78 is 0. The van der Waals surface area contributed by atoms with Gasteiger partial charge in [-0.25, -0.2) is 0 Å². The van der Waals surface area contributed by atoms with Crippen LogP contribution >= 0.6 is 0 Å². The second kappa shape index (κ2) is 20.4. The lowest BCUT2D eigenvalue weighted by atomic mass is 9.78. The second-order valence-corrected chi connectivity index (χ2v) is 18.0. The van der Waals surface area contributed by atoms with Gasteiger partial charge in [-0.3, -0.25) is 0 Å². The van der Waals surface area contributed by atoms with E-state index >= 15 is 0 Å². The molecule has 0 aliphatic carbocycles. The fourth-order valence-corrected chi connectivity index (χ4v) is 4.00. The van der Waals surface area contributed by atoms with Crippen molar-refractivity contribution in [3.63, 3.8) is 0 Å². The molecule has 2 aromatic rings. The first kappa shape index (κ1) is 53.0. The number of hydrogen-bond acceptors (Lipinski definition) is 0. The summed E-state index contributed by atoms with van der Waals surface area (Å²) in [5.41, 5.74) is 6.50. The monoisotopic (exact) mass is 589 g/mol. The smallest absolute Gasteiger partial charge is 0.0132 e. The first-order valence-corrected chi connectivity index (χ1v) is 14.7. The van der Waals surface area contributed by atoms with Crippen molar-refractivity contribution in [1.82, 2.24) is 0 Å². The van der Waals surface area contributed by atoms with Gasteiger partial charge in [-0.15, -0.1) is 0 Å². The van der Waals surface area contributed by atoms with Gasteiger partial charge in [0.05, 0.1) is 0 Å². The third-order valence-electron chi connectivity index (χ3n) is 5.32. The third-order valence-corrected chi connectivity index (χ3v) is 5.32. The number of hydrogen-bond donors (Lipinski definition) is 0. The van der Waals surface area contributed by atoms with Crippen LogP contribution in [0.2, 0.25) is 0 Å². The highest BCUT2D eigenvalue weighted by atomic mass is 14.3. The van der Waals surface area contributed by atoms with Crippen molar-refractivity contribution in [2.75, 3.05) is 0 Å². The molecule has 0 N–H and O–H groups in total. The highest BCUT2D eigenvalue weighted by Gasteiger charge is 2.20. The minimum absolute atomic E-state index is 0. The largest absolute Gasteiger partial charge is 0.0776 e. The summed E-state index contributed by atoms with van der Waals surface area (Å²) in [5.74, 6) is 0. The molecule has 0 unspecified atom stereocenters. The molecule has 0 nitrogen and oxygen atoms in total. The SMILES string of the molecule is C.C.C.C.CC(C)(C)C.CC(C)(C)CC(C)(C)C.CC(C)(C)c1ccc(C(C)(C)C)cc1.CC(C)(C)c1ccccc1. The quantitative estimate of drug-likeness (QED) is 0.287. The lowest BCUT2D eigenvalue weighted by Gasteiger charge is -2.28. The second-order valence-electron chi connectivity index (χ2n) is 18.0. The van der Waals surface area contributed by atoms with E-state index in [2.05, 4.69) is 186 Å². The Balaban J connectivity index is -0.000000105. The van der Waals surface area contributed by atoms with Crippen molar-refractivity contribution in [3.05, 3.63) is 71.3 Å². The Morgan fingerprint density at radius 1 is 0.333 bits per heavy atom. The predicted octanol–water partition coefficient (Wildman–Crippen LogP) is 15.3. The molecule has 0 aliphatic heterocycles. The van der Waals surface area contributed by atoms with Crippen LogP contribution in [0.3, 0.4) is 0 Å². The maximum absolute atomic E-state index is 2.29. The van der Waals surface area contributed by atoms with Crippen LogP contribution in [0.4, 0.5) is 0 Å². The summed E-state index contributed by atoms with van der Waals surface area (Å²) in [7, 11) is 0. The zero-order valence-corrected chi connectivity index (χ0v) is 29.4. The van der Waals surface area contributed by atoms with Gasteiger partial charge in [0.25, 0.3) is 0 Å². The summed E-state index contributed by atoms with van der Waals surface area (Å²) in [6.45, 7) is 42.7. The molecule has 0 heteroatoms. The minimum atomic E-state index is 0. The van der Waals surface area contributed by atoms with E-state index < -0.39 is 0 Å². The molecule has 0 bridgehead atoms. The number of rotatable bonds is 0. The zero-order chi connectivity index (χ0) is 30.8. The first-order valence-electron chi connectivity index (χ1n) is 14.7. The van der Waals surface area contributed by atoms with Crippen LogP contribution in [-0.2, 0) is 16.2 Å². The van der Waals surface area contributed by atoms with Crippen LogP contribution in [-0.4, -0.2) is 0 Å². The third kappa shape index (κ3) is 32.9. The summed E-state index contributed by atoms with van der Waals surface area (Å²) in [6, 6.07) is 19.6. The Bertz CT molecular complexity index is 803. The van der Waals surface area contributed by atoms with Crippen molar-refractivity contribution in [1.29, 1.82) is 0 Å². The van der Waals surface area contributed by atoms with Gasteiger partial charge in [-0.1, -0.05) is 216 Å². The van der Waals surface area contributed by atoms with Gasteiger partial charge in [0, 0.05) is 0 Å². The molecule has 0 radical (unpaired) electrons. The number of benzene rings is 2. The van der Waals surface area contributed by atoms with E-state index in [1.54, 1.807) is 0 Å². The fraction of sp³-hybridized carbons (Fsp3) is 0.714. The molecule has 2 rings (SSSR count). The van der Waals surface area contributed by atoms with E-state index in [0.29, 0.717) is 21.7 Å². The van der Waals surface area contributed by atoms with E-state index in [1.165, 1.54) is 23.1 Å². The van der Waals surface area contributed by atoms with Crippen molar-refractivity contribution in [2.45, 2.75) is 184 Å². The van der Waals surface area contributed by atoms with Crippen LogP contribution in [0.25, 0.3) is 0 Å². The van der Waals surface area contributed by atoms with E-state index in [4.69, 9.17) is 0 Å². The minimum Gasteiger partial charge on any atom is -0.0776 e. The van der Waals surface area contributed by atoms with E-state index in [1.807, 2.05) is 0 Å². The highest BCUT2D eigenvalue weighted by molar-refractivity contribution is 5.31. The molecule has 0 heterocycles. The van der Waals surface area contributed by atoms with E-state index in [0.717, 1.165) is 0 Å². The Hall–Kier alpha value is -1.56. The van der Waals surface area contributed by atoms with Gasteiger partial charge in [0.15, 0.2) is 0 Å². The molecule has 0 saturated heterocycles. The molecule has 0 saturated carbocycles. The van der Waals surface area contributed by atoms with Crippen LogP contribution < -0.4 is 0 Å². The Morgan fingerprint density at radius 3 is 0.643 bits per heavy atom. The maximum Gasteiger partial charge on any atom is -0.0132 e. The molecule has 0 atom stereocenters. The summed E-state index contributed by atoms with van der Waals surface area (Å²) in [6.07, 6.45) is 1.29. The molecule has 2 aromatic carbocycles. The van der Waals surface area contributed by atoms with Crippen molar-refractivity contribution >= 4 is 0 Å². The molecule has 42 heavy (non-hydrogen) atoms. The van der Waals surface area contributed by atoms with Crippen LogP contribution in [0.1, 0.15) is 184 Å². The topological polar surface area (TPSA) is 0 Å². The van der Waals surface area contributed by atoms with Crippen molar-refractivity contribution < 1.29 is 0 Å². The van der Waals surface area contributed by atoms with Crippen molar-refractivity contribution in [3.8, 4) is 0 Å². The predicted molar refractivity (Wildman–Crippen MR) is 205 cm³/mol. The standard InChI is InChI=1S/C14H22.C10H14.C9H20.C5H12.4CH4/c1-13(2,3)11-7-9-12(10-8-11)14(4,5)6;1-10(2,3)9-7-5-4-6-8-9;1-8(2,3)7-9(4,5)6;1-5(2,3)4;;;;/h7-10H,1-6H3;4-8H,1-3H3;7H2,1-6H3;1-4H3;4*1H4. The average molecular weight is 589 g/mol.